The molecule has 0 aromatic carbocycles. The van der Waals surface area contributed by atoms with Crippen molar-refractivity contribution in [3.8, 4) is 5.88 Å². The van der Waals surface area contributed by atoms with Crippen LogP contribution >= 0.6 is 0 Å². The SMILES string of the molecule is COc1cc(CNCCn2cccn2)ccn1. The lowest BCUT2D eigenvalue weighted by Gasteiger charge is -2.06. The lowest BCUT2D eigenvalue weighted by molar-refractivity contribution is 0.397. The lowest BCUT2D eigenvalue weighted by atomic mass is 10.2. The maximum Gasteiger partial charge on any atom is 0.213 e. The molecule has 2 aromatic heterocycles. The zero-order valence-electron chi connectivity index (χ0n) is 9.84. The Morgan fingerprint density at radius 2 is 2.35 bits per heavy atom. The van der Waals surface area contributed by atoms with Crippen LogP contribution in [-0.4, -0.2) is 28.4 Å². The molecular weight excluding hydrogens is 216 g/mol. The van der Waals surface area contributed by atoms with Crippen LogP contribution in [0.5, 0.6) is 5.88 Å². The first kappa shape index (κ1) is 11.6. The second-order valence-corrected chi connectivity index (χ2v) is 3.65. The third kappa shape index (κ3) is 3.57. The third-order valence-electron chi connectivity index (χ3n) is 2.41. The molecule has 0 aliphatic rings. The molecule has 17 heavy (non-hydrogen) atoms. The second-order valence-electron chi connectivity index (χ2n) is 3.65. The highest BCUT2D eigenvalue weighted by Crippen LogP contribution is 2.07. The Balaban J connectivity index is 1.74. The van der Waals surface area contributed by atoms with Crippen molar-refractivity contribution >= 4 is 0 Å². The van der Waals surface area contributed by atoms with E-state index < -0.39 is 0 Å². The monoisotopic (exact) mass is 232 g/mol. The minimum absolute atomic E-state index is 0.649. The largest absolute Gasteiger partial charge is 0.481 e. The molecule has 0 unspecified atom stereocenters. The standard InChI is InChI=1S/C12H16N4O/c1-17-12-9-11(3-5-14-12)10-13-6-8-16-7-2-4-15-16/h2-5,7,9,13H,6,8,10H2,1H3. The van der Waals surface area contributed by atoms with Crippen LogP contribution in [0.1, 0.15) is 5.56 Å². The summed E-state index contributed by atoms with van der Waals surface area (Å²) in [7, 11) is 1.62. The van der Waals surface area contributed by atoms with Gasteiger partial charge in [-0.15, -0.1) is 0 Å². The normalized spacial score (nSPS) is 10.4. The summed E-state index contributed by atoms with van der Waals surface area (Å²) in [5.41, 5.74) is 1.16. The Kier molecular flexibility index (Phi) is 4.10. The van der Waals surface area contributed by atoms with Crippen LogP contribution in [0.4, 0.5) is 0 Å². The molecule has 0 saturated heterocycles. The fourth-order valence-electron chi connectivity index (χ4n) is 1.53. The first-order chi connectivity index (χ1) is 8.38. The van der Waals surface area contributed by atoms with Crippen molar-refractivity contribution in [3.05, 3.63) is 42.4 Å². The number of nitrogens with one attached hydrogen (secondary N) is 1. The molecule has 2 rings (SSSR count). The number of rotatable bonds is 6. The zero-order chi connectivity index (χ0) is 11.9. The highest BCUT2D eigenvalue weighted by Gasteiger charge is 1.96. The number of hydrogen-bond acceptors (Lipinski definition) is 4. The van der Waals surface area contributed by atoms with E-state index in [-0.39, 0.29) is 0 Å². The molecule has 0 amide bonds. The predicted molar refractivity (Wildman–Crippen MR) is 64.7 cm³/mol. The molecule has 90 valence electrons. The molecule has 0 spiro atoms. The molecule has 0 aliphatic carbocycles. The molecule has 2 aromatic rings. The average Bonchev–Trinajstić information content (AvgIpc) is 2.88. The summed E-state index contributed by atoms with van der Waals surface area (Å²) in [6.45, 7) is 2.56. The number of aromatic nitrogens is 3. The fraction of sp³-hybridized carbons (Fsp3) is 0.333. The maximum absolute atomic E-state index is 5.07. The van der Waals surface area contributed by atoms with Gasteiger partial charge in [0, 0.05) is 37.7 Å². The molecule has 1 N–H and O–H groups in total. The number of pyridine rings is 1. The van der Waals surface area contributed by atoms with Crippen LogP contribution < -0.4 is 10.1 Å². The van der Waals surface area contributed by atoms with Gasteiger partial charge in [0.25, 0.3) is 0 Å². The van der Waals surface area contributed by atoms with E-state index in [4.69, 9.17) is 4.74 Å². The van der Waals surface area contributed by atoms with E-state index in [0.29, 0.717) is 5.88 Å². The van der Waals surface area contributed by atoms with E-state index in [1.165, 1.54) is 0 Å². The minimum Gasteiger partial charge on any atom is -0.481 e. The minimum atomic E-state index is 0.649. The molecule has 0 saturated carbocycles. The van der Waals surface area contributed by atoms with Gasteiger partial charge >= 0.3 is 0 Å². The molecule has 0 bridgehead atoms. The van der Waals surface area contributed by atoms with Gasteiger partial charge in [0.1, 0.15) is 0 Å². The van der Waals surface area contributed by atoms with Gasteiger partial charge in [0.15, 0.2) is 0 Å². The smallest absolute Gasteiger partial charge is 0.213 e. The summed E-state index contributed by atoms with van der Waals surface area (Å²) >= 11 is 0. The van der Waals surface area contributed by atoms with Gasteiger partial charge < -0.3 is 10.1 Å². The van der Waals surface area contributed by atoms with Crippen molar-refractivity contribution in [3.63, 3.8) is 0 Å². The van der Waals surface area contributed by atoms with Gasteiger partial charge in [-0.3, -0.25) is 4.68 Å². The van der Waals surface area contributed by atoms with Crippen molar-refractivity contribution < 1.29 is 4.74 Å². The van der Waals surface area contributed by atoms with Gasteiger partial charge in [-0.1, -0.05) is 0 Å². The van der Waals surface area contributed by atoms with Gasteiger partial charge in [0.05, 0.1) is 13.7 Å². The summed E-state index contributed by atoms with van der Waals surface area (Å²) in [6, 6.07) is 5.83. The van der Waals surface area contributed by atoms with Crippen molar-refractivity contribution in [2.45, 2.75) is 13.1 Å². The highest BCUT2D eigenvalue weighted by atomic mass is 16.5. The Bertz CT molecular complexity index is 442. The van der Waals surface area contributed by atoms with Crippen molar-refractivity contribution in [2.75, 3.05) is 13.7 Å². The van der Waals surface area contributed by atoms with Crippen molar-refractivity contribution in [2.24, 2.45) is 0 Å². The van der Waals surface area contributed by atoms with Crippen molar-refractivity contribution in [1.82, 2.24) is 20.1 Å². The Labute approximate surface area is 100 Å². The molecule has 5 nitrogen and oxygen atoms in total. The Morgan fingerprint density at radius 3 is 3.12 bits per heavy atom. The van der Waals surface area contributed by atoms with E-state index in [1.807, 2.05) is 29.1 Å². The quantitative estimate of drug-likeness (QED) is 0.757. The fourth-order valence-corrected chi connectivity index (χ4v) is 1.53. The molecule has 0 atom stereocenters. The van der Waals surface area contributed by atoms with Gasteiger partial charge in [-0.05, 0) is 17.7 Å². The Hall–Kier alpha value is -1.88. The van der Waals surface area contributed by atoms with Crippen LogP contribution in [0.2, 0.25) is 0 Å². The van der Waals surface area contributed by atoms with Crippen LogP contribution in [0, 0.1) is 0 Å². The molecule has 0 aliphatic heterocycles. The first-order valence-corrected chi connectivity index (χ1v) is 5.55. The summed E-state index contributed by atoms with van der Waals surface area (Å²) in [5, 5.41) is 7.48. The van der Waals surface area contributed by atoms with Crippen molar-refractivity contribution in [1.29, 1.82) is 0 Å². The number of nitrogens with zero attached hydrogens (tertiary/aromatic N) is 3. The van der Waals surface area contributed by atoms with E-state index in [1.54, 1.807) is 19.5 Å². The zero-order valence-corrected chi connectivity index (χ0v) is 9.84. The summed E-state index contributed by atoms with van der Waals surface area (Å²) in [4.78, 5) is 4.06. The Morgan fingerprint density at radius 1 is 1.41 bits per heavy atom. The summed E-state index contributed by atoms with van der Waals surface area (Å²) in [6.07, 6.45) is 5.49. The van der Waals surface area contributed by atoms with Gasteiger partial charge in [0.2, 0.25) is 5.88 Å². The van der Waals surface area contributed by atoms with E-state index >= 15 is 0 Å². The van der Waals surface area contributed by atoms with E-state index in [0.717, 1.165) is 25.2 Å². The summed E-state index contributed by atoms with van der Waals surface area (Å²) in [5.74, 6) is 0.649. The predicted octanol–water partition coefficient (Wildman–Crippen LogP) is 1.08. The average molecular weight is 232 g/mol. The van der Waals surface area contributed by atoms with Crippen LogP contribution in [0.3, 0.4) is 0 Å². The molecule has 0 radical (unpaired) electrons. The first-order valence-electron chi connectivity index (χ1n) is 5.55. The van der Waals surface area contributed by atoms with Crippen LogP contribution in [0.25, 0.3) is 0 Å². The highest BCUT2D eigenvalue weighted by molar-refractivity contribution is 5.20. The maximum atomic E-state index is 5.07. The molecular formula is C12H16N4O. The molecule has 2 heterocycles. The van der Waals surface area contributed by atoms with Crippen LogP contribution in [0.15, 0.2) is 36.8 Å². The number of hydrogen-bond donors (Lipinski definition) is 1. The van der Waals surface area contributed by atoms with Crippen LogP contribution in [-0.2, 0) is 13.1 Å². The molecule has 0 fully saturated rings. The van der Waals surface area contributed by atoms with E-state index in [2.05, 4.69) is 15.4 Å². The molecule has 5 heteroatoms. The number of ether oxygens (including phenoxy) is 1. The number of methoxy groups -OCH3 is 1. The van der Waals surface area contributed by atoms with Gasteiger partial charge in [-0.2, -0.15) is 5.10 Å². The topological polar surface area (TPSA) is 52.0 Å². The second kappa shape index (κ2) is 6.00. The van der Waals surface area contributed by atoms with E-state index in [9.17, 15) is 0 Å². The summed E-state index contributed by atoms with van der Waals surface area (Å²) < 4.78 is 6.97. The third-order valence-corrected chi connectivity index (χ3v) is 2.41. The van der Waals surface area contributed by atoms with Gasteiger partial charge in [-0.25, -0.2) is 4.98 Å². The lowest BCUT2D eigenvalue weighted by Crippen LogP contribution is -2.19.